The molecule has 0 saturated carbocycles. The van der Waals surface area contributed by atoms with Crippen molar-refractivity contribution in [2.45, 2.75) is 45.7 Å². The van der Waals surface area contributed by atoms with E-state index in [0.717, 1.165) is 28.3 Å². The van der Waals surface area contributed by atoms with Crippen molar-refractivity contribution in [3.63, 3.8) is 0 Å². The molecule has 0 aliphatic rings. The van der Waals surface area contributed by atoms with Gasteiger partial charge in [-0.15, -0.1) is 11.3 Å². The molecule has 0 atom stereocenters. The molecule has 0 unspecified atom stereocenters. The third-order valence-corrected chi connectivity index (χ3v) is 6.34. The number of rotatable bonds is 9. The van der Waals surface area contributed by atoms with Gasteiger partial charge in [-0.3, -0.25) is 4.79 Å². The standard InChI is InChI=1S/C25H26F3NO3S/c1-15(2)23-22(33-24(29-23)17-4-7-19(8-5-17)25(26,27)28)11-9-20(31)18-6-10-21(16(3)14-18)32-13-12-30/h4-8,10,14-15,30H,9,11-13H2,1-3H3. The molecule has 0 amide bonds. The smallest absolute Gasteiger partial charge is 0.416 e. The van der Waals surface area contributed by atoms with Gasteiger partial charge in [-0.05, 0) is 55.2 Å². The van der Waals surface area contributed by atoms with Crippen molar-refractivity contribution in [2.24, 2.45) is 0 Å². The van der Waals surface area contributed by atoms with Crippen molar-refractivity contribution < 1.29 is 27.8 Å². The lowest BCUT2D eigenvalue weighted by molar-refractivity contribution is -0.137. The number of thiazole rings is 1. The predicted octanol–water partition coefficient (Wildman–Crippen LogP) is 6.45. The van der Waals surface area contributed by atoms with Gasteiger partial charge in [-0.2, -0.15) is 13.2 Å². The third-order valence-electron chi connectivity index (χ3n) is 5.16. The Kier molecular flexibility index (Phi) is 7.92. The number of Topliss-reactive ketones (excluding diaryl/α,β-unsaturated/α-hetero) is 1. The highest BCUT2D eigenvalue weighted by molar-refractivity contribution is 7.15. The first kappa shape index (κ1) is 24.9. The lowest BCUT2D eigenvalue weighted by atomic mass is 10.0. The first-order chi connectivity index (χ1) is 15.6. The largest absolute Gasteiger partial charge is 0.491 e. The van der Waals surface area contributed by atoms with Gasteiger partial charge in [0, 0.05) is 22.4 Å². The van der Waals surface area contributed by atoms with Crippen LogP contribution in [0.2, 0.25) is 0 Å². The van der Waals surface area contributed by atoms with E-state index < -0.39 is 11.7 Å². The van der Waals surface area contributed by atoms with Crippen LogP contribution in [-0.4, -0.2) is 29.1 Å². The number of aryl methyl sites for hydroxylation is 2. The van der Waals surface area contributed by atoms with Gasteiger partial charge in [-0.1, -0.05) is 26.0 Å². The summed E-state index contributed by atoms with van der Waals surface area (Å²) in [7, 11) is 0. The first-order valence-corrected chi connectivity index (χ1v) is 11.5. The number of halogens is 3. The molecular weight excluding hydrogens is 451 g/mol. The summed E-state index contributed by atoms with van der Waals surface area (Å²) in [5.41, 5.74) is 2.20. The zero-order valence-electron chi connectivity index (χ0n) is 18.7. The van der Waals surface area contributed by atoms with Crippen LogP contribution in [0.4, 0.5) is 13.2 Å². The molecule has 1 aromatic heterocycles. The normalized spacial score (nSPS) is 11.8. The van der Waals surface area contributed by atoms with Gasteiger partial charge in [0.1, 0.15) is 17.4 Å². The number of carbonyl (C=O) groups is 1. The Balaban J connectivity index is 1.75. The molecule has 0 saturated heterocycles. The fourth-order valence-corrected chi connectivity index (χ4v) is 4.65. The van der Waals surface area contributed by atoms with E-state index in [4.69, 9.17) is 9.84 Å². The minimum Gasteiger partial charge on any atom is -0.491 e. The quantitative estimate of drug-likeness (QED) is 0.360. The van der Waals surface area contributed by atoms with Gasteiger partial charge in [-0.25, -0.2) is 4.98 Å². The zero-order chi connectivity index (χ0) is 24.2. The molecule has 2 aromatic carbocycles. The van der Waals surface area contributed by atoms with Crippen molar-refractivity contribution >= 4 is 17.1 Å². The monoisotopic (exact) mass is 477 g/mol. The molecule has 0 spiro atoms. The van der Waals surface area contributed by atoms with E-state index in [0.29, 0.717) is 34.7 Å². The summed E-state index contributed by atoms with van der Waals surface area (Å²) >= 11 is 1.42. The predicted molar refractivity (Wildman–Crippen MR) is 123 cm³/mol. The summed E-state index contributed by atoms with van der Waals surface area (Å²) in [6.07, 6.45) is -3.57. The van der Waals surface area contributed by atoms with E-state index in [1.807, 2.05) is 20.8 Å². The summed E-state index contributed by atoms with van der Waals surface area (Å²) in [4.78, 5) is 18.4. The lowest BCUT2D eigenvalue weighted by Crippen LogP contribution is -2.05. The van der Waals surface area contributed by atoms with E-state index in [-0.39, 0.29) is 24.9 Å². The second kappa shape index (κ2) is 10.5. The lowest BCUT2D eigenvalue weighted by Gasteiger charge is -2.09. The van der Waals surface area contributed by atoms with Crippen molar-refractivity contribution in [3.05, 3.63) is 69.7 Å². The van der Waals surface area contributed by atoms with Crippen LogP contribution in [0, 0.1) is 6.92 Å². The topological polar surface area (TPSA) is 59.4 Å². The summed E-state index contributed by atoms with van der Waals surface area (Å²) < 4.78 is 44.0. The second-order valence-corrected chi connectivity index (χ2v) is 9.12. The summed E-state index contributed by atoms with van der Waals surface area (Å²) in [6.45, 7) is 5.97. The number of ketones is 1. The molecule has 3 rings (SSSR count). The maximum absolute atomic E-state index is 12.9. The first-order valence-electron chi connectivity index (χ1n) is 10.6. The van der Waals surface area contributed by atoms with Crippen LogP contribution in [0.3, 0.4) is 0 Å². The van der Waals surface area contributed by atoms with Gasteiger partial charge < -0.3 is 9.84 Å². The Morgan fingerprint density at radius 3 is 2.42 bits per heavy atom. The van der Waals surface area contributed by atoms with Gasteiger partial charge in [0.2, 0.25) is 0 Å². The summed E-state index contributed by atoms with van der Waals surface area (Å²) in [6, 6.07) is 10.2. The minimum atomic E-state index is -4.38. The molecule has 3 aromatic rings. The van der Waals surface area contributed by atoms with Crippen LogP contribution in [-0.2, 0) is 12.6 Å². The summed E-state index contributed by atoms with van der Waals surface area (Å²) in [5.74, 6) is 0.747. The van der Waals surface area contributed by atoms with Crippen molar-refractivity contribution in [3.8, 4) is 16.3 Å². The van der Waals surface area contributed by atoms with Crippen LogP contribution in [0.15, 0.2) is 42.5 Å². The molecule has 0 bridgehead atoms. The van der Waals surface area contributed by atoms with E-state index in [2.05, 4.69) is 4.98 Å². The number of hydrogen-bond donors (Lipinski definition) is 1. The van der Waals surface area contributed by atoms with Gasteiger partial charge in [0.25, 0.3) is 0 Å². The number of carbonyl (C=O) groups excluding carboxylic acids is 1. The Labute approximate surface area is 195 Å². The fourth-order valence-electron chi connectivity index (χ4n) is 3.43. The molecule has 0 radical (unpaired) electrons. The van der Waals surface area contributed by atoms with E-state index in [1.54, 1.807) is 18.2 Å². The highest BCUT2D eigenvalue weighted by Gasteiger charge is 2.30. The number of nitrogens with zero attached hydrogens (tertiary/aromatic N) is 1. The second-order valence-electron chi connectivity index (χ2n) is 8.03. The number of aliphatic hydroxyl groups is 1. The van der Waals surface area contributed by atoms with Crippen molar-refractivity contribution in [2.75, 3.05) is 13.2 Å². The van der Waals surface area contributed by atoms with Crippen LogP contribution in [0.1, 0.15) is 58.2 Å². The molecule has 4 nitrogen and oxygen atoms in total. The molecule has 1 heterocycles. The molecule has 0 aliphatic carbocycles. The van der Waals surface area contributed by atoms with Gasteiger partial charge in [0.05, 0.1) is 17.9 Å². The van der Waals surface area contributed by atoms with E-state index in [9.17, 15) is 18.0 Å². The Hall–Kier alpha value is -2.71. The molecule has 0 aliphatic heterocycles. The SMILES string of the molecule is Cc1cc(C(=O)CCc2sc(-c3ccc(C(F)(F)F)cc3)nc2C(C)C)ccc1OCCO. The molecule has 176 valence electrons. The van der Waals surface area contributed by atoms with Crippen LogP contribution in [0.5, 0.6) is 5.75 Å². The van der Waals surface area contributed by atoms with E-state index in [1.165, 1.54) is 23.5 Å². The number of aromatic nitrogens is 1. The van der Waals surface area contributed by atoms with Crippen molar-refractivity contribution in [1.82, 2.24) is 4.98 Å². The van der Waals surface area contributed by atoms with Crippen LogP contribution >= 0.6 is 11.3 Å². The fraction of sp³-hybridized carbons (Fsp3) is 0.360. The zero-order valence-corrected chi connectivity index (χ0v) is 19.5. The van der Waals surface area contributed by atoms with Crippen LogP contribution < -0.4 is 4.74 Å². The Morgan fingerprint density at radius 1 is 1.15 bits per heavy atom. The molecule has 33 heavy (non-hydrogen) atoms. The minimum absolute atomic E-state index is 0.00834. The molecular formula is C25H26F3NO3S. The van der Waals surface area contributed by atoms with Crippen molar-refractivity contribution in [1.29, 1.82) is 0 Å². The van der Waals surface area contributed by atoms with E-state index >= 15 is 0 Å². The van der Waals surface area contributed by atoms with Gasteiger partial charge >= 0.3 is 6.18 Å². The average molecular weight is 478 g/mol. The molecule has 0 fully saturated rings. The number of alkyl halides is 3. The maximum atomic E-state index is 12.9. The molecule has 1 N–H and O–H groups in total. The highest BCUT2D eigenvalue weighted by atomic mass is 32.1. The number of aliphatic hydroxyl groups excluding tert-OH is 1. The molecule has 8 heteroatoms. The third kappa shape index (κ3) is 6.21. The highest BCUT2D eigenvalue weighted by Crippen LogP contribution is 2.35. The average Bonchev–Trinajstić information content (AvgIpc) is 3.21. The Morgan fingerprint density at radius 2 is 1.85 bits per heavy atom. The maximum Gasteiger partial charge on any atom is 0.416 e. The number of hydrogen-bond acceptors (Lipinski definition) is 5. The summed E-state index contributed by atoms with van der Waals surface area (Å²) in [5, 5.41) is 9.54. The number of benzene rings is 2. The Bertz CT molecular complexity index is 1110. The van der Waals surface area contributed by atoms with Gasteiger partial charge in [0.15, 0.2) is 5.78 Å². The number of ether oxygens (including phenoxy) is 1. The van der Waals surface area contributed by atoms with Crippen LogP contribution in [0.25, 0.3) is 10.6 Å².